The molecule has 1 aliphatic rings. The fraction of sp³-hybridized carbons (Fsp3) is 1.00. The SMILES string of the molecule is [B]C([B])(C(CCC)CC1CCC(C)C1)C(C)(C)CCCCC. The van der Waals surface area contributed by atoms with Crippen molar-refractivity contribution in [3.05, 3.63) is 0 Å². The van der Waals surface area contributed by atoms with Crippen LogP contribution in [0.3, 0.4) is 0 Å². The molecule has 0 bridgehead atoms. The number of unbranched alkanes of at least 4 members (excludes halogenated alkanes) is 2. The van der Waals surface area contributed by atoms with Crippen LogP contribution in [0.15, 0.2) is 0 Å². The molecule has 0 heterocycles. The minimum atomic E-state index is -0.539. The lowest BCUT2D eigenvalue weighted by Crippen LogP contribution is -2.39. The highest BCUT2D eigenvalue weighted by molar-refractivity contribution is 6.40. The third kappa shape index (κ3) is 5.34. The number of hydrogen-bond donors (Lipinski definition) is 0. The van der Waals surface area contributed by atoms with E-state index in [1.165, 1.54) is 57.8 Å². The van der Waals surface area contributed by atoms with Crippen molar-refractivity contribution in [3.63, 3.8) is 0 Å². The van der Waals surface area contributed by atoms with Crippen molar-refractivity contribution in [1.82, 2.24) is 0 Å². The highest BCUT2D eigenvalue weighted by Gasteiger charge is 2.41. The summed E-state index contributed by atoms with van der Waals surface area (Å²) in [6.07, 6.45) is 12.7. The first kappa shape index (κ1) is 20.2. The van der Waals surface area contributed by atoms with Crippen LogP contribution in [-0.2, 0) is 0 Å². The summed E-state index contributed by atoms with van der Waals surface area (Å²) in [6.45, 7) is 11.5. The lowest BCUT2D eigenvalue weighted by Gasteiger charge is -2.50. The predicted molar refractivity (Wildman–Crippen MR) is 102 cm³/mol. The molecule has 0 aromatic rings. The van der Waals surface area contributed by atoms with Crippen LogP contribution in [0.25, 0.3) is 0 Å². The average molecular weight is 300 g/mol. The smallest absolute Gasteiger partial charge is 0.0631 e. The lowest BCUT2D eigenvalue weighted by molar-refractivity contribution is 0.177. The first-order valence-electron chi connectivity index (χ1n) is 9.82. The summed E-state index contributed by atoms with van der Waals surface area (Å²) in [5.74, 6) is 2.21. The van der Waals surface area contributed by atoms with Gasteiger partial charge >= 0.3 is 0 Å². The molecule has 1 fully saturated rings. The Balaban J connectivity index is 2.72. The van der Waals surface area contributed by atoms with Crippen molar-refractivity contribution in [2.75, 3.05) is 0 Å². The quantitative estimate of drug-likeness (QED) is 0.328. The zero-order valence-corrected chi connectivity index (χ0v) is 16.0. The van der Waals surface area contributed by atoms with Crippen molar-refractivity contribution in [1.29, 1.82) is 0 Å². The molecule has 0 nitrogen and oxygen atoms in total. The largest absolute Gasteiger partial charge is 0.0913 e. The molecule has 0 spiro atoms. The van der Waals surface area contributed by atoms with E-state index in [9.17, 15) is 0 Å². The van der Waals surface area contributed by atoms with E-state index in [-0.39, 0.29) is 5.41 Å². The van der Waals surface area contributed by atoms with Crippen LogP contribution < -0.4 is 0 Å². The second-order valence-corrected chi connectivity index (χ2v) is 8.78. The average Bonchev–Trinajstić information content (AvgIpc) is 2.83. The monoisotopic (exact) mass is 300 g/mol. The van der Waals surface area contributed by atoms with Crippen molar-refractivity contribution >= 4 is 15.7 Å². The topological polar surface area (TPSA) is 0 Å². The molecule has 1 saturated carbocycles. The van der Waals surface area contributed by atoms with E-state index in [1.807, 2.05) is 0 Å². The van der Waals surface area contributed by atoms with E-state index < -0.39 is 5.21 Å². The van der Waals surface area contributed by atoms with Crippen LogP contribution in [0.1, 0.15) is 98.8 Å². The third-order valence-electron chi connectivity index (χ3n) is 6.31. The molecular formula is C20H38B2. The van der Waals surface area contributed by atoms with Gasteiger partial charge in [0, 0.05) is 0 Å². The van der Waals surface area contributed by atoms with Crippen LogP contribution >= 0.6 is 0 Å². The van der Waals surface area contributed by atoms with Gasteiger partial charge < -0.3 is 0 Å². The van der Waals surface area contributed by atoms with Crippen molar-refractivity contribution in [2.24, 2.45) is 23.2 Å². The first-order chi connectivity index (χ1) is 10.2. The minimum absolute atomic E-state index is 0.0201. The van der Waals surface area contributed by atoms with E-state index >= 15 is 0 Å². The Bertz CT molecular complexity index is 309. The zero-order valence-electron chi connectivity index (χ0n) is 16.0. The summed E-state index contributed by atoms with van der Waals surface area (Å²) >= 11 is 0. The third-order valence-corrected chi connectivity index (χ3v) is 6.31. The van der Waals surface area contributed by atoms with Gasteiger partial charge in [0.2, 0.25) is 0 Å². The summed E-state index contributed by atoms with van der Waals surface area (Å²) in [4.78, 5) is 0. The standard InChI is InChI=1S/C20H38B2/c1-6-8-9-13-19(4,5)20(21,22)18(10-7-2)15-17-12-11-16(3)14-17/h16-18H,6-15H2,1-5H3. The molecule has 4 radical (unpaired) electrons. The van der Waals surface area contributed by atoms with Gasteiger partial charge in [0.05, 0.1) is 15.7 Å². The van der Waals surface area contributed by atoms with Crippen molar-refractivity contribution in [2.45, 2.75) is 104 Å². The second kappa shape index (κ2) is 8.84. The van der Waals surface area contributed by atoms with E-state index in [0.717, 1.165) is 18.3 Å². The second-order valence-electron chi connectivity index (χ2n) is 8.78. The van der Waals surface area contributed by atoms with Crippen LogP contribution in [0.5, 0.6) is 0 Å². The number of hydrogen-bond acceptors (Lipinski definition) is 0. The Hall–Kier alpha value is 0.130. The molecule has 0 N–H and O–H groups in total. The molecule has 3 unspecified atom stereocenters. The summed E-state index contributed by atoms with van der Waals surface area (Å²) in [6, 6.07) is 0. The maximum Gasteiger partial charge on any atom is 0.0631 e. The van der Waals surface area contributed by atoms with Gasteiger partial charge in [-0.2, -0.15) is 0 Å². The van der Waals surface area contributed by atoms with Gasteiger partial charge in [0.25, 0.3) is 0 Å². The first-order valence-corrected chi connectivity index (χ1v) is 9.82. The van der Waals surface area contributed by atoms with Gasteiger partial charge in [-0.25, -0.2) is 0 Å². The summed E-state index contributed by atoms with van der Waals surface area (Å²) in [5, 5.41) is -0.539. The van der Waals surface area contributed by atoms with E-state index in [4.69, 9.17) is 15.7 Å². The summed E-state index contributed by atoms with van der Waals surface area (Å²) < 4.78 is 0. The molecule has 0 aromatic carbocycles. The van der Waals surface area contributed by atoms with Crippen LogP contribution in [-0.4, -0.2) is 15.7 Å². The van der Waals surface area contributed by atoms with Crippen LogP contribution in [0.4, 0.5) is 0 Å². The molecule has 0 amide bonds. The Morgan fingerprint density at radius 3 is 2.23 bits per heavy atom. The highest BCUT2D eigenvalue weighted by Crippen LogP contribution is 2.53. The molecular weight excluding hydrogens is 262 g/mol. The van der Waals surface area contributed by atoms with Crippen LogP contribution in [0, 0.1) is 23.2 Å². The molecule has 0 aromatic heterocycles. The van der Waals surface area contributed by atoms with Crippen molar-refractivity contribution < 1.29 is 0 Å². The number of rotatable bonds is 10. The molecule has 0 aliphatic heterocycles. The molecule has 3 atom stereocenters. The lowest BCUT2D eigenvalue weighted by atomic mass is 9.36. The van der Waals surface area contributed by atoms with Crippen LogP contribution in [0.2, 0.25) is 5.21 Å². The fourth-order valence-electron chi connectivity index (χ4n) is 4.43. The van der Waals surface area contributed by atoms with Gasteiger partial charge in [-0.3, -0.25) is 0 Å². The Morgan fingerprint density at radius 2 is 1.73 bits per heavy atom. The maximum atomic E-state index is 6.80. The summed E-state index contributed by atoms with van der Waals surface area (Å²) in [5.41, 5.74) is 0.0201. The normalized spacial score (nSPS) is 24.6. The van der Waals surface area contributed by atoms with Gasteiger partial charge in [-0.1, -0.05) is 90.7 Å². The van der Waals surface area contributed by atoms with E-state index in [2.05, 4.69) is 34.6 Å². The van der Waals surface area contributed by atoms with E-state index in [0.29, 0.717) is 5.92 Å². The Kier molecular flexibility index (Phi) is 8.10. The van der Waals surface area contributed by atoms with Crippen molar-refractivity contribution in [3.8, 4) is 0 Å². The van der Waals surface area contributed by atoms with Gasteiger partial charge in [0.15, 0.2) is 0 Å². The Morgan fingerprint density at radius 1 is 1.05 bits per heavy atom. The highest BCUT2D eigenvalue weighted by atomic mass is 14.4. The van der Waals surface area contributed by atoms with E-state index in [1.54, 1.807) is 0 Å². The minimum Gasteiger partial charge on any atom is -0.0913 e. The molecule has 2 heteroatoms. The van der Waals surface area contributed by atoms with Gasteiger partial charge in [0.1, 0.15) is 0 Å². The van der Waals surface area contributed by atoms with Gasteiger partial charge in [-0.15, -0.1) is 0 Å². The Labute approximate surface area is 143 Å². The molecule has 1 aliphatic carbocycles. The predicted octanol–water partition coefficient (Wildman–Crippen LogP) is 6.29. The van der Waals surface area contributed by atoms with Gasteiger partial charge in [-0.05, 0) is 36.5 Å². The summed E-state index contributed by atoms with van der Waals surface area (Å²) in [7, 11) is 13.6. The molecule has 0 saturated heterocycles. The molecule has 1 rings (SSSR count). The molecule has 124 valence electrons. The fourth-order valence-corrected chi connectivity index (χ4v) is 4.43. The molecule has 22 heavy (non-hydrogen) atoms. The maximum absolute atomic E-state index is 6.80. The zero-order chi connectivity index (χ0) is 16.8.